The highest BCUT2D eigenvalue weighted by molar-refractivity contribution is 6.33. The molecule has 0 unspecified atom stereocenters. The van der Waals surface area contributed by atoms with Crippen LogP contribution < -0.4 is 5.32 Å². The van der Waals surface area contributed by atoms with Crippen molar-refractivity contribution in [3.63, 3.8) is 0 Å². The van der Waals surface area contributed by atoms with Crippen molar-refractivity contribution >= 4 is 40.0 Å². The van der Waals surface area contributed by atoms with Gasteiger partial charge in [-0.15, -0.1) is 0 Å². The van der Waals surface area contributed by atoms with Gasteiger partial charge < -0.3 is 10.4 Å². The molecule has 2 N–H and O–H groups in total. The summed E-state index contributed by atoms with van der Waals surface area (Å²) < 4.78 is 0. The molecule has 6 heteroatoms. The average molecular weight is 300 g/mol. The highest BCUT2D eigenvalue weighted by Crippen LogP contribution is 2.25. The van der Waals surface area contributed by atoms with Crippen molar-refractivity contribution in [1.29, 1.82) is 0 Å². The Morgan fingerprint density at radius 3 is 2.76 bits per heavy atom. The number of carboxylic acids is 1. The van der Waals surface area contributed by atoms with Crippen LogP contribution in [0.25, 0.3) is 10.9 Å². The van der Waals surface area contributed by atoms with E-state index in [4.69, 9.17) is 16.7 Å². The van der Waals surface area contributed by atoms with Crippen molar-refractivity contribution in [2.75, 3.05) is 5.32 Å². The summed E-state index contributed by atoms with van der Waals surface area (Å²) >= 11 is 5.81. The van der Waals surface area contributed by atoms with Gasteiger partial charge in [-0.3, -0.25) is 4.98 Å². The summed E-state index contributed by atoms with van der Waals surface area (Å²) in [6.45, 7) is 0. The Kier molecular flexibility index (Phi) is 3.41. The molecule has 3 aromatic rings. The first-order valence-electron chi connectivity index (χ1n) is 6.16. The van der Waals surface area contributed by atoms with Gasteiger partial charge in [0.2, 0.25) is 0 Å². The molecule has 0 amide bonds. The number of hydrogen-bond acceptors (Lipinski definition) is 4. The summed E-state index contributed by atoms with van der Waals surface area (Å²) in [6, 6.07) is 12.6. The second-order valence-corrected chi connectivity index (χ2v) is 4.74. The number of carbonyl (C=O) groups is 1. The molecule has 0 radical (unpaired) electrons. The van der Waals surface area contributed by atoms with E-state index >= 15 is 0 Å². The second-order valence-electron chi connectivity index (χ2n) is 4.34. The number of para-hydroxylation sites is 1. The maximum absolute atomic E-state index is 11.1. The maximum Gasteiger partial charge on any atom is 0.356 e. The van der Waals surface area contributed by atoms with E-state index in [2.05, 4.69) is 15.3 Å². The molecule has 0 aliphatic carbocycles. The van der Waals surface area contributed by atoms with Crippen LogP contribution in [0.3, 0.4) is 0 Å². The topological polar surface area (TPSA) is 75.1 Å². The van der Waals surface area contributed by atoms with Crippen LogP contribution in [0.2, 0.25) is 5.02 Å². The Morgan fingerprint density at radius 1 is 1.14 bits per heavy atom. The number of fused-ring (bicyclic) bond motifs is 1. The van der Waals surface area contributed by atoms with Gasteiger partial charge in [0.1, 0.15) is 5.82 Å². The lowest BCUT2D eigenvalue weighted by Crippen LogP contribution is -2.04. The predicted molar refractivity (Wildman–Crippen MR) is 81.2 cm³/mol. The molecule has 1 aromatic carbocycles. The molecule has 2 heterocycles. The quantitative estimate of drug-likeness (QED) is 0.771. The zero-order valence-electron chi connectivity index (χ0n) is 10.7. The Labute approximate surface area is 125 Å². The number of halogens is 1. The third-order valence-corrected chi connectivity index (χ3v) is 3.25. The summed E-state index contributed by atoms with van der Waals surface area (Å²) in [7, 11) is 0. The van der Waals surface area contributed by atoms with E-state index < -0.39 is 5.97 Å². The number of carboxylic acid groups (broad SMARTS) is 1. The number of benzene rings is 1. The number of nitrogens with zero attached hydrogens (tertiary/aromatic N) is 2. The Balaban J connectivity index is 2.03. The van der Waals surface area contributed by atoms with Crippen LogP contribution in [0.4, 0.5) is 11.5 Å². The number of aromatic nitrogens is 2. The molecular weight excluding hydrogens is 290 g/mol. The smallest absolute Gasteiger partial charge is 0.356 e. The van der Waals surface area contributed by atoms with Crippen LogP contribution in [0.15, 0.2) is 48.7 Å². The second kappa shape index (κ2) is 5.38. The molecule has 0 bridgehead atoms. The van der Waals surface area contributed by atoms with Crippen molar-refractivity contribution in [1.82, 2.24) is 9.97 Å². The maximum atomic E-state index is 11.1. The lowest BCUT2D eigenvalue weighted by Gasteiger charge is -2.09. The molecule has 0 fully saturated rings. The van der Waals surface area contributed by atoms with Gasteiger partial charge in [0.15, 0.2) is 5.69 Å². The van der Waals surface area contributed by atoms with Crippen molar-refractivity contribution in [2.45, 2.75) is 0 Å². The van der Waals surface area contributed by atoms with E-state index in [9.17, 15) is 4.79 Å². The molecule has 0 spiro atoms. The summed E-state index contributed by atoms with van der Waals surface area (Å²) in [5.74, 6) is -0.769. The van der Waals surface area contributed by atoms with Crippen LogP contribution >= 0.6 is 11.6 Å². The number of nitrogens with one attached hydrogen (secondary N) is 1. The lowest BCUT2D eigenvalue weighted by molar-refractivity contribution is 0.0691. The Bertz CT molecular complexity index is 831. The molecule has 2 aromatic heterocycles. The fourth-order valence-corrected chi connectivity index (χ4v) is 2.19. The molecule has 0 aliphatic rings. The van der Waals surface area contributed by atoms with Gasteiger partial charge in [-0.1, -0.05) is 29.8 Å². The molecule has 21 heavy (non-hydrogen) atoms. The summed E-state index contributed by atoms with van der Waals surface area (Å²) in [5, 5.41) is 13.2. The van der Waals surface area contributed by atoms with Crippen LogP contribution in [0.5, 0.6) is 0 Å². The fourth-order valence-electron chi connectivity index (χ4n) is 2.00. The van der Waals surface area contributed by atoms with Gasteiger partial charge in [-0.05, 0) is 24.3 Å². The van der Waals surface area contributed by atoms with Gasteiger partial charge in [-0.2, -0.15) is 0 Å². The highest BCUT2D eigenvalue weighted by Gasteiger charge is 2.12. The molecular formula is C15H10ClN3O2. The minimum atomic E-state index is -1.17. The molecule has 0 aliphatic heterocycles. The third-order valence-electron chi connectivity index (χ3n) is 2.94. The normalized spacial score (nSPS) is 10.5. The summed E-state index contributed by atoms with van der Waals surface area (Å²) in [4.78, 5) is 19.4. The Hall–Kier alpha value is -2.66. The average Bonchev–Trinajstić information content (AvgIpc) is 2.49. The molecule has 0 saturated heterocycles. The standard InChI is InChI=1S/C15H10ClN3O2/c16-10-6-7-12(19-14(10)15(20)21)18-11-5-1-3-9-4-2-8-17-13(9)11/h1-8H,(H,18,19)(H,20,21). The number of anilines is 2. The lowest BCUT2D eigenvalue weighted by atomic mass is 10.2. The zero-order chi connectivity index (χ0) is 14.8. The van der Waals surface area contributed by atoms with Crippen LogP contribution in [0, 0.1) is 0 Å². The molecule has 5 nitrogen and oxygen atoms in total. The first-order chi connectivity index (χ1) is 10.1. The van der Waals surface area contributed by atoms with E-state index in [1.807, 2.05) is 30.3 Å². The van der Waals surface area contributed by atoms with Crippen molar-refractivity contribution in [3.8, 4) is 0 Å². The van der Waals surface area contributed by atoms with Gasteiger partial charge in [-0.25, -0.2) is 9.78 Å². The first kappa shape index (κ1) is 13.3. The molecule has 104 valence electrons. The molecule has 0 atom stereocenters. The van der Waals surface area contributed by atoms with Crippen molar-refractivity contribution in [3.05, 3.63) is 59.4 Å². The van der Waals surface area contributed by atoms with Gasteiger partial charge >= 0.3 is 5.97 Å². The van der Waals surface area contributed by atoms with E-state index in [0.717, 1.165) is 16.6 Å². The summed E-state index contributed by atoms with van der Waals surface area (Å²) in [6.07, 6.45) is 1.70. The highest BCUT2D eigenvalue weighted by atomic mass is 35.5. The van der Waals surface area contributed by atoms with Gasteiger partial charge in [0.25, 0.3) is 0 Å². The van der Waals surface area contributed by atoms with Gasteiger partial charge in [0.05, 0.1) is 16.2 Å². The zero-order valence-corrected chi connectivity index (χ0v) is 11.5. The largest absolute Gasteiger partial charge is 0.476 e. The van der Waals surface area contributed by atoms with E-state index in [1.165, 1.54) is 6.07 Å². The number of rotatable bonds is 3. The fraction of sp³-hybridized carbons (Fsp3) is 0. The van der Waals surface area contributed by atoms with E-state index in [1.54, 1.807) is 12.3 Å². The Morgan fingerprint density at radius 2 is 1.95 bits per heavy atom. The molecule has 3 rings (SSSR count). The number of hydrogen-bond donors (Lipinski definition) is 2. The minimum Gasteiger partial charge on any atom is -0.476 e. The number of aromatic carboxylic acids is 1. The summed E-state index contributed by atoms with van der Waals surface area (Å²) in [5.41, 5.74) is 1.35. The molecule has 0 saturated carbocycles. The monoisotopic (exact) mass is 299 g/mol. The van der Waals surface area contributed by atoms with Crippen molar-refractivity contribution in [2.24, 2.45) is 0 Å². The third kappa shape index (κ3) is 2.64. The van der Waals surface area contributed by atoms with E-state index in [0.29, 0.717) is 5.82 Å². The predicted octanol–water partition coefficient (Wildman–Crippen LogP) is 3.73. The van der Waals surface area contributed by atoms with Gasteiger partial charge in [0, 0.05) is 11.6 Å². The minimum absolute atomic E-state index is 0.101. The van der Waals surface area contributed by atoms with Crippen LogP contribution in [-0.2, 0) is 0 Å². The van der Waals surface area contributed by atoms with E-state index in [-0.39, 0.29) is 10.7 Å². The van der Waals surface area contributed by atoms with Crippen LogP contribution in [0.1, 0.15) is 10.5 Å². The van der Waals surface area contributed by atoms with Crippen molar-refractivity contribution < 1.29 is 9.90 Å². The number of pyridine rings is 2. The first-order valence-corrected chi connectivity index (χ1v) is 6.53. The SMILES string of the molecule is O=C(O)c1nc(Nc2cccc3cccnc23)ccc1Cl. The van der Waals surface area contributed by atoms with Crippen LogP contribution in [-0.4, -0.2) is 21.0 Å².